The average Bonchev–Trinajstić information content (AvgIpc) is 1.84. The molecular formula is C8H18N2O2. The van der Waals surface area contributed by atoms with Gasteiger partial charge in [0.05, 0.1) is 12.1 Å². The van der Waals surface area contributed by atoms with Crippen molar-refractivity contribution in [2.75, 3.05) is 27.2 Å². The van der Waals surface area contributed by atoms with Crippen LogP contribution in [0.1, 0.15) is 13.8 Å². The van der Waals surface area contributed by atoms with Crippen molar-refractivity contribution in [3.8, 4) is 0 Å². The number of nitrogens with zero attached hydrogens (tertiary/aromatic N) is 1. The normalized spacial score (nSPS) is 11.4. The van der Waals surface area contributed by atoms with E-state index in [0.29, 0.717) is 6.54 Å². The Kier molecular flexibility index (Phi) is 4.20. The van der Waals surface area contributed by atoms with Crippen LogP contribution in [0.5, 0.6) is 0 Å². The number of carbonyl (C=O) groups is 1. The summed E-state index contributed by atoms with van der Waals surface area (Å²) in [5.74, 6) is 0.0132. The highest BCUT2D eigenvalue weighted by Crippen LogP contribution is 1.96. The third kappa shape index (κ3) is 6.12. The van der Waals surface area contributed by atoms with Crippen molar-refractivity contribution in [3.05, 3.63) is 0 Å². The van der Waals surface area contributed by atoms with Crippen molar-refractivity contribution < 1.29 is 9.90 Å². The molecule has 0 saturated heterocycles. The Morgan fingerprint density at radius 2 is 2.00 bits per heavy atom. The maximum Gasteiger partial charge on any atom is 0.236 e. The molecule has 0 bridgehead atoms. The third-order valence-corrected chi connectivity index (χ3v) is 1.33. The molecule has 0 aromatic rings. The summed E-state index contributed by atoms with van der Waals surface area (Å²) < 4.78 is 0. The number of amides is 1. The van der Waals surface area contributed by atoms with E-state index in [0.717, 1.165) is 0 Å². The third-order valence-electron chi connectivity index (χ3n) is 1.33. The number of hydrogen-bond acceptors (Lipinski definition) is 3. The first-order valence-electron chi connectivity index (χ1n) is 3.96. The van der Waals surface area contributed by atoms with Crippen molar-refractivity contribution in [3.63, 3.8) is 0 Å². The van der Waals surface area contributed by atoms with E-state index in [1.54, 1.807) is 27.9 Å². The minimum atomic E-state index is -0.757. The molecule has 4 heteroatoms. The first kappa shape index (κ1) is 11.4. The summed E-state index contributed by atoms with van der Waals surface area (Å²) >= 11 is 0. The van der Waals surface area contributed by atoms with Gasteiger partial charge in [0.1, 0.15) is 0 Å². The summed E-state index contributed by atoms with van der Waals surface area (Å²) in [6.07, 6.45) is 0. The maximum atomic E-state index is 11.0. The Balaban J connectivity index is 3.51. The predicted octanol–water partition coefficient (Wildman–Crippen LogP) is -0.565. The number of likely N-dealkylation sites (N-methyl/N-ethyl adjacent to an activating group) is 1. The van der Waals surface area contributed by atoms with Crippen molar-refractivity contribution in [1.29, 1.82) is 0 Å². The van der Waals surface area contributed by atoms with Gasteiger partial charge < -0.3 is 15.3 Å². The van der Waals surface area contributed by atoms with Gasteiger partial charge in [-0.1, -0.05) is 0 Å². The van der Waals surface area contributed by atoms with Crippen LogP contribution in [0.15, 0.2) is 0 Å². The summed E-state index contributed by atoms with van der Waals surface area (Å²) in [4.78, 5) is 12.5. The molecule has 0 aromatic heterocycles. The van der Waals surface area contributed by atoms with Gasteiger partial charge in [0.2, 0.25) is 5.91 Å². The lowest BCUT2D eigenvalue weighted by molar-refractivity contribution is -0.127. The monoisotopic (exact) mass is 174 g/mol. The molecule has 0 aliphatic rings. The van der Waals surface area contributed by atoms with E-state index in [4.69, 9.17) is 0 Å². The van der Waals surface area contributed by atoms with Crippen LogP contribution in [0.4, 0.5) is 0 Å². The van der Waals surface area contributed by atoms with Gasteiger partial charge in [-0.2, -0.15) is 0 Å². The van der Waals surface area contributed by atoms with E-state index in [2.05, 4.69) is 5.32 Å². The molecule has 0 aromatic carbocycles. The first-order valence-corrected chi connectivity index (χ1v) is 3.96. The molecule has 1 amide bonds. The zero-order valence-electron chi connectivity index (χ0n) is 8.22. The van der Waals surface area contributed by atoms with Gasteiger partial charge in [-0.3, -0.25) is 4.79 Å². The molecule has 0 aliphatic heterocycles. The fourth-order valence-electron chi connectivity index (χ4n) is 0.633. The summed E-state index contributed by atoms with van der Waals surface area (Å²) in [5, 5.41) is 12.1. The largest absolute Gasteiger partial charge is 0.389 e. The van der Waals surface area contributed by atoms with Gasteiger partial charge in [-0.25, -0.2) is 0 Å². The molecular weight excluding hydrogens is 156 g/mol. The van der Waals surface area contributed by atoms with Crippen LogP contribution in [0.3, 0.4) is 0 Å². The quantitative estimate of drug-likeness (QED) is 0.600. The topological polar surface area (TPSA) is 52.6 Å². The number of aliphatic hydroxyl groups is 1. The molecule has 12 heavy (non-hydrogen) atoms. The molecule has 0 rings (SSSR count). The summed E-state index contributed by atoms with van der Waals surface area (Å²) in [6.45, 7) is 4.09. The Hall–Kier alpha value is -0.610. The molecule has 0 atom stereocenters. The lowest BCUT2D eigenvalue weighted by atomic mass is 10.1. The van der Waals surface area contributed by atoms with Gasteiger partial charge in [0, 0.05) is 20.6 Å². The average molecular weight is 174 g/mol. The zero-order chi connectivity index (χ0) is 9.78. The second-order valence-electron chi connectivity index (χ2n) is 3.70. The Bertz CT molecular complexity index is 150. The van der Waals surface area contributed by atoms with Crippen LogP contribution in [0, 0.1) is 0 Å². The van der Waals surface area contributed by atoms with Crippen LogP contribution < -0.4 is 5.32 Å². The molecule has 0 saturated carbocycles. The predicted molar refractivity (Wildman–Crippen MR) is 47.9 cm³/mol. The second-order valence-corrected chi connectivity index (χ2v) is 3.70. The van der Waals surface area contributed by atoms with Crippen LogP contribution >= 0.6 is 0 Å². The Labute approximate surface area is 73.6 Å². The highest BCUT2D eigenvalue weighted by atomic mass is 16.3. The lowest BCUT2D eigenvalue weighted by Crippen LogP contribution is -2.40. The summed E-state index contributed by atoms with van der Waals surface area (Å²) in [7, 11) is 3.40. The van der Waals surface area contributed by atoms with E-state index in [1.807, 2.05) is 0 Å². The smallest absolute Gasteiger partial charge is 0.236 e. The SMILES string of the molecule is CN(C)C(=O)CNCC(C)(C)O. The van der Waals surface area contributed by atoms with Gasteiger partial charge >= 0.3 is 0 Å². The highest BCUT2D eigenvalue weighted by molar-refractivity contribution is 5.77. The maximum absolute atomic E-state index is 11.0. The van der Waals surface area contributed by atoms with Crippen molar-refractivity contribution >= 4 is 5.91 Å². The molecule has 0 fully saturated rings. The lowest BCUT2D eigenvalue weighted by Gasteiger charge is -2.18. The van der Waals surface area contributed by atoms with E-state index in [1.165, 1.54) is 4.90 Å². The highest BCUT2D eigenvalue weighted by Gasteiger charge is 2.12. The standard InChI is InChI=1S/C8H18N2O2/c1-8(2,12)6-9-5-7(11)10(3)4/h9,12H,5-6H2,1-4H3. The van der Waals surface area contributed by atoms with E-state index in [-0.39, 0.29) is 12.5 Å². The number of rotatable bonds is 4. The second kappa shape index (κ2) is 4.42. The van der Waals surface area contributed by atoms with Crippen LogP contribution in [-0.2, 0) is 4.79 Å². The van der Waals surface area contributed by atoms with E-state index in [9.17, 15) is 9.90 Å². The van der Waals surface area contributed by atoms with E-state index < -0.39 is 5.60 Å². The van der Waals surface area contributed by atoms with E-state index >= 15 is 0 Å². The molecule has 0 aliphatic carbocycles. The molecule has 72 valence electrons. The summed E-state index contributed by atoms with van der Waals surface area (Å²) in [5.41, 5.74) is -0.757. The number of hydrogen-bond donors (Lipinski definition) is 2. The Morgan fingerprint density at radius 3 is 2.33 bits per heavy atom. The minimum absolute atomic E-state index is 0.0132. The number of carbonyl (C=O) groups excluding carboxylic acids is 1. The van der Waals surface area contributed by atoms with Crippen LogP contribution in [0.2, 0.25) is 0 Å². The molecule has 0 unspecified atom stereocenters. The van der Waals surface area contributed by atoms with Crippen LogP contribution in [0.25, 0.3) is 0 Å². The molecule has 0 spiro atoms. The molecule has 0 radical (unpaired) electrons. The first-order chi connectivity index (χ1) is 5.33. The molecule has 4 nitrogen and oxygen atoms in total. The fourth-order valence-corrected chi connectivity index (χ4v) is 0.633. The van der Waals surface area contributed by atoms with Gasteiger partial charge in [-0.15, -0.1) is 0 Å². The van der Waals surface area contributed by atoms with Gasteiger partial charge in [0.15, 0.2) is 0 Å². The number of nitrogens with one attached hydrogen (secondary N) is 1. The van der Waals surface area contributed by atoms with Crippen LogP contribution in [-0.4, -0.2) is 48.7 Å². The van der Waals surface area contributed by atoms with Crippen molar-refractivity contribution in [2.45, 2.75) is 19.4 Å². The molecule has 0 heterocycles. The Morgan fingerprint density at radius 1 is 1.50 bits per heavy atom. The van der Waals surface area contributed by atoms with Gasteiger partial charge in [0.25, 0.3) is 0 Å². The minimum Gasteiger partial charge on any atom is -0.389 e. The van der Waals surface area contributed by atoms with Gasteiger partial charge in [-0.05, 0) is 13.8 Å². The fraction of sp³-hybridized carbons (Fsp3) is 0.875. The summed E-state index contributed by atoms with van der Waals surface area (Å²) in [6, 6.07) is 0. The van der Waals surface area contributed by atoms with Crippen molar-refractivity contribution in [2.24, 2.45) is 0 Å². The zero-order valence-corrected chi connectivity index (χ0v) is 8.22. The molecule has 2 N–H and O–H groups in total. The van der Waals surface area contributed by atoms with Crippen molar-refractivity contribution in [1.82, 2.24) is 10.2 Å².